The van der Waals surface area contributed by atoms with Gasteiger partial charge in [-0.3, -0.25) is 0 Å². The van der Waals surface area contributed by atoms with Crippen LogP contribution in [-0.2, 0) is 0 Å². The van der Waals surface area contributed by atoms with Crippen LogP contribution in [0.2, 0.25) is 0 Å². The molecule has 0 saturated carbocycles. The van der Waals surface area contributed by atoms with E-state index in [9.17, 15) is 0 Å². The molecule has 0 fully saturated rings. The minimum Gasteiger partial charge on any atom is -0.0651 e. The standard InChI is InChI=1S/C17H36/c1-9-14(3)12-11-13-15(4)17(7,8)16(5,6)10-2/h14-15H,9-13H2,1-8H3. The van der Waals surface area contributed by atoms with Gasteiger partial charge < -0.3 is 0 Å². The average Bonchev–Trinajstić information content (AvgIpc) is 2.28. The highest BCUT2D eigenvalue weighted by Gasteiger charge is 2.39. The molecule has 0 heterocycles. The van der Waals surface area contributed by atoms with Crippen molar-refractivity contribution < 1.29 is 0 Å². The fourth-order valence-electron chi connectivity index (χ4n) is 2.46. The second kappa shape index (κ2) is 6.81. The van der Waals surface area contributed by atoms with E-state index in [0.29, 0.717) is 10.8 Å². The van der Waals surface area contributed by atoms with Crippen LogP contribution in [0.15, 0.2) is 0 Å². The maximum atomic E-state index is 2.46. The SMILES string of the molecule is CCC(C)CCCC(C)C(C)(C)C(C)(C)CC. The van der Waals surface area contributed by atoms with Gasteiger partial charge >= 0.3 is 0 Å². The summed E-state index contributed by atoms with van der Waals surface area (Å²) in [5, 5.41) is 0. The summed E-state index contributed by atoms with van der Waals surface area (Å²) in [6, 6.07) is 0. The molecule has 0 spiro atoms. The van der Waals surface area contributed by atoms with E-state index < -0.39 is 0 Å². The zero-order valence-corrected chi connectivity index (χ0v) is 13.7. The molecule has 0 rings (SSSR count). The molecule has 0 aliphatic rings. The molecule has 0 aliphatic carbocycles. The minimum atomic E-state index is 0.442. The van der Waals surface area contributed by atoms with Crippen LogP contribution >= 0.6 is 0 Å². The molecule has 104 valence electrons. The third kappa shape index (κ3) is 4.64. The number of hydrogen-bond acceptors (Lipinski definition) is 0. The van der Waals surface area contributed by atoms with E-state index in [1.165, 1.54) is 32.1 Å². The Balaban J connectivity index is 4.25. The van der Waals surface area contributed by atoms with Gasteiger partial charge in [0, 0.05) is 0 Å². The molecule has 0 aromatic heterocycles. The average molecular weight is 240 g/mol. The molecule has 0 N–H and O–H groups in total. The lowest BCUT2D eigenvalue weighted by Gasteiger charge is -2.46. The van der Waals surface area contributed by atoms with E-state index in [0.717, 1.165) is 11.8 Å². The van der Waals surface area contributed by atoms with Crippen LogP contribution < -0.4 is 0 Å². The molecule has 0 bridgehead atoms. The van der Waals surface area contributed by atoms with Gasteiger partial charge in [0.05, 0.1) is 0 Å². The van der Waals surface area contributed by atoms with Gasteiger partial charge in [-0.25, -0.2) is 0 Å². The highest BCUT2D eigenvalue weighted by atomic mass is 14.4. The van der Waals surface area contributed by atoms with Gasteiger partial charge in [0.15, 0.2) is 0 Å². The summed E-state index contributed by atoms with van der Waals surface area (Å²) in [6.45, 7) is 19.2. The van der Waals surface area contributed by atoms with Gasteiger partial charge in [-0.2, -0.15) is 0 Å². The van der Waals surface area contributed by atoms with Crippen molar-refractivity contribution in [3.05, 3.63) is 0 Å². The van der Waals surface area contributed by atoms with Crippen LogP contribution in [0.3, 0.4) is 0 Å². The van der Waals surface area contributed by atoms with Crippen LogP contribution in [0, 0.1) is 22.7 Å². The second-order valence-corrected chi connectivity index (χ2v) is 7.30. The smallest absolute Gasteiger partial charge is 0.0277 e. The lowest BCUT2D eigenvalue weighted by atomic mass is 9.59. The summed E-state index contributed by atoms with van der Waals surface area (Å²) in [7, 11) is 0. The van der Waals surface area contributed by atoms with Gasteiger partial charge in [0.25, 0.3) is 0 Å². The lowest BCUT2D eigenvalue weighted by Crippen LogP contribution is -2.37. The van der Waals surface area contributed by atoms with E-state index in [2.05, 4.69) is 55.4 Å². The fraction of sp³-hybridized carbons (Fsp3) is 1.00. The highest BCUT2D eigenvalue weighted by molar-refractivity contribution is 4.88. The number of hydrogen-bond donors (Lipinski definition) is 0. The fourth-order valence-corrected chi connectivity index (χ4v) is 2.46. The Bertz CT molecular complexity index is 200. The third-order valence-electron chi connectivity index (χ3n) is 5.89. The molecular weight excluding hydrogens is 204 g/mol. The normalized spacial score (nSPS) is 16.9. The number of rotatable bonds is 8. The van der Waals surface area contributed by atoms with Gasteiger partial charge in [-0.15, -0.1) is 0 Å². The Hall–Kier alpha value is 0. The Morgan fingerprint density at radius 1 is 0.882 bits per heavy atom. The third-order valence-corrected chi connectivity index (χ3v) is 5.89. The summed E-state index contributed by atoms with van der Waals surface area (Å²) < 4.78 is 0. The molecule has 17 heavy (non-hydrogen) atoms. The Kier molecular flexibility index (Phi) is 6.81. The molecule has 0 saturated heterocycles. The maximum Gasteiger partial charge on any atom is -0.0277 e. The first-order chi connectivity index (χ1) is 7.69. The molecular formula is C17H36. The Labute approximate surface area is 111 Å². The quantitative estimate of drug-likeness (QED) is 0.467. The van der Waals surface area contributed by atoms with Gasteiger partial charge in [-0.1, -0.05) is 87.5 Å². The van der Waals surface area contributed by atoms with Crippen LogP contribution in [0.1, 0.15) is 87.5 Å². The monoisotopic (exact) mass is 240 g/mol. The summed E-state index contributed by atoms with van der Waals surface area (Å²) in [5.74, 6) is 1.73. The topological polar surface area (TPSA) is 0 Å². The van der Waals surface area contributed by atoms with Crippen LogP contribution in [0.4, 0.5) is 0 Å². The van der Waals surface area contributed by atoms with E-state index in [1.54, 1.807) is 0 Å². The van der Waals surface area contributed by atoms with Gasteiger partial charge in [0.1, 0.15) is 0 Å². The first-order valence-corrected chi connectivity index (χ1v) is 7.69. The summed E-state index contributed by atoms with van der Waals surface area (Å²) >= 11 is 0. The summed E-state index contributed by atoms with van der Waals surface area (Å²) in [6.07, 6.45) is 6.80. The maximum absolute atomic E-state index is 2.46. The molecule has 0 aromatic carbocycles. The zero-order chi connectivity index (χ0) is 13.7. The first-order valence-electron chi connectivity index (χ1n) is 7.69. The summed E-state index contributed by atoms with van der Waals surface area (Å²) in [4.78, 5) is 0. The van der Waals surface area contributed by atoms with Crippen molar-refractivity contribution in [1.29, 1.82) is 0 Å². The van der Waals surface area contributed by atoms with Crippen molar-refractivity contribution >= 4 is 0 Å². The lowest BCUT2D eigenvalue weighted by molar-refractivity contribution is 0.0378. The van der Waals surface area contributed by atoms with Gasteiger partial charge in [0.2, 0.25) is 0 Å². The molecule has 0 nitrogen and oxygen atoms in total. The molecule has 0 radical (unpaired) electrons. The van der Waals surface area contributed by atoms with Crippen LogP contribution in [0.5, 0.6) is 0 Å². The predicted molar refractivity (Wildman–Crippen MR) is 80.3 cm³/mol. The highest BCUT2D eigenvalue weighted by Crippen LogP contribution is 2.48. The van der Waals surface area contributed by atoms with E-state index in [4.69, 9.17) is 0 Å². The molecule has 2 atom stereocenters. The summed E-state index contributed by atoms with van der Waals surface area (Å²) in [5.41, 5.74) is 0.889. The van der Waals surface area contributed by atoms with Crippen LogP contribution in [-0.4, -0.2) is 0 Å². The molecule has 0 aliphatic heterocycles. The van der Waals surface area contributed by atoms with E-state index in [1.807, 2.05) is 0 Å². The van der Waals surface area contributed by atoms with E-state index >= 15 is 0 Å². The van der Waals surface area contributed by atoms with Crippen LogP contribution in [0.25, 0.3) is 0 Å². The predicted octanol–water partition coefficient (Wildman–Crippen LogP) is 6.30. The van der Waals surface area contributed by atoms with Crippen molar-refractivity contribution in [2.24, 2.45) is 22.7 Å². The molecule has 0 amide bonds. The Morgan fingerprint density at radius 2 is 1.41 bits per heavy atom. The van der Waals surface area contributed by atoms with Crippen molar-refractivity contribution in [3.63, 3.8) is 0 Å². The first kappa shape index (κ1) is 17.0. The van der Waals surface area contributed by atoms with E-state index in [-0.39, 0.29) is 0 Å². The molecule has 0 heteroatoms. The zero-order valence-electron chi connectivity index (χ0n) is 13.7. The largest absolute Gasteiger partial charge is 0.0651 e. The minimum absolute atomic E-state index is 0.442. The molecule has 0 aromatic rings. The van der Waals surface area contributed by atoms with Crippen molar-refractivity contribution in [1.82, 2.24) is 0 Å². The van der Waals surface area contributed by atoms with Gasteiger partial charge in [-0.05, 0) is 22.7 Å². The van der Waals surface area contributed by atoms with Crippen molar-refractivity contribution in [2.75, 3.05) is 0 Å². The molecule has 2 unspecified atom stereocenters. The second-order valence-electron chi connectivity index (χ2n) is 7.30. The van der Waals surface area contributed by atoms with Crippen molar-refractivity contribution in [3.8, 4) is 0 Å². The Morgan fingerprint density at radius 3 is 1.82 bits per heavy atom. The van der Waals surface area contributed by atoms with Crippen molar-refractivity contribution in [2.45, 2.75) is 87.5 Å².